The number of amides is 1. The van der Waals surface area contributed by atoms with Crippen LogP contribution >= 0.6 is 0 Å². The van der Waals surface area contributed by atoms with E-state index >= 15 is 0 Å². The van der Waals surface area contributed by atoms with Crippen molar-refractivity contribution in [1.82, 2.24) is 10.6 Å². The average Bonchev–Trinajstić information content (AvgIpc) is 2.78. The minimum atomic E-state index is -0.255. The van der Waals surface area contributed by atoms with Crippen molar-refractivity contribution in [2.45, 2.75) is 44.8 Å². The first-order valence-corrected chi connectivity index (χ1v) is 6.75. The lowest BCUT2D eigenvalue weighted by atomic mass is 10.0. The second-order valence-electron chi connectivity index (χ2n) is 5.05. The van der Waals surface area contributed by atoms with Gasteiger partial charge in [-0.05, 0) is 13.3 Å². The Morgan fingerprint density at radius 2 is 2.33 bits per heavy atom. The summed E-state index contributed by atoms with van der Waals surface area (Å²) in [4.78, 5) is 11.6. The lowest BCUT2D eigenvalue weighted by Crippen LogP contribution is -2.47. The van der Waals surface area contributed by atoms with Crippen molar-refractivity contribution in [1.29, 1.82) is 0 Å². The third kappa shape index (κ3) is 4.92. The summed E-state index contributed by atoms with van der Waals surface area (Å²) in [5, 5.41) is 6.11. The molecule has 2 unspecified atom stereocenters. The van der Waals surface area contributed by atoms with E-state index in [0.29, 0.717) is 19.7 Å². The van der Waals surface area contributed by atoms with Gasteiger partial charge in [-0.15, -0.1) is 0 Å². The molecule has 1 heterocycles. The Hall–Kier alpha value is -0.650. The van der Waals surface area contributed by atoms with E-state index < -0.39 is 0 Å². The standard InChI is InChI=1S/C13H26N2O3/c1-4-5-11(2)15-12(16)8-14-9-13(17-3)6-7-18-10-13/h11,14H,4-10H2,1-3H3,(H,15,16). The minimum Gasteiger partial charge on any atom is -0.378 e. The molecule has 5 heteroatoms. The minimum absolute atomic E-state index is 0.0427. The van der Waals surface area contributed by atoms with Gasteiger partial charge in [-0.25, -0.2) is 0 Å². The molecule has 5 nitrogen and oxygen atoms in total. The van der Waals surface area contributed by atoms with Crippen molar-refractivity contribution in [2.24, 2.45) is 0 Å². The monoisotopic (exact) mass is 258 g/mol. The van der Waals surface area contributed by atoms with Crippen LogP contribution in [0.1, 0.15) is 33.1 Å². The van der Waals surface area contributed by atoms with E-state index in [9.17, 15) is 4.79 Å². The number of carbonyl (C=O) groups is 1. The highest BCUT2D eigenvalue weighted by atomic mass is 16.5. The molecule has 1 aliphatic rings. The Morgan fingerprint density at radius 3 is 2.89 bits per heavy atom. The van der Waals surface area contributed by atoms with E-state index in [4.69, 9.17) is 9.47 Å². The number of ether oxygens (including phenoxy) is 2. The van der Waals surface area contributed by atoms with Crippen LogP contribution in [0.4, 0.5) is 0 Å². The van der Waals surface area contributed by atoms with E-state index in [-0.39, 0.29) is 17.6 Å². The third-order valence-corrected chi connectivity index (χ3v) is 3.36. The molecule has 0 aromatic carbocycles. The highest BCUT2D eigenvalue weighted by Crippen LogP contribution is 2.21. The SMILES string of the molecule is CCCC(C)NC(=O)CNCC1(OC)CCOC1. The lowest BCUT2D eigenvalue weighted by molar-refractivity contribution is -0.121. The number of hydrogen-bond donors (Lipinski definition) is 2. The Labute approximate surface area is 110 Å². The van der Waals surface area contributed by atoms with Crippen molar-refractivity contribution in [3.63, 3.8) is 0 Å². The highest BCUT2D eigenvalue weighted by molar-refractivity contribution is 5.78. The molecule has 2 atom stereocenters. The predicted octanol–water partition coefficient (Wildman–Crippen LogP) is 0.686. The zero-order chi connectivity index (χ0) is 13.4. The molecule has 0 radical (unpaired) electrons. The molecule has 0 spiro atoms. The summed E-state index contributed by atoms with van der Waals surface area (Å²) in [5.41, 5.74) is -0.255. The quantitative estimate of drug-likeness (QED) is 0.672. The molecule has 1 amide bonds. The van der Waals surface area contributed by atoms with Crippen LogP contribution in [0.3, 0.4) is 0 Å². The maximum Gasteiger partial charge on any atom is 0.234 e. The Balaban J connectivity index is 2.18. The summed E-state index contributed by atoms with van der Waals surface area (Å²) in [6.45, 7) is 6.46. The van der Waals surface area contributed by atoms with Crippen LogP contribution in [-0.2, 0) is 14.3 Å². The van der Waals surface area contributed by atoms with Gasteiger partial charge in [-0.1, -0.05) is 13.3 Å². The molecular weight excluding hydrogens is 232 g/mol. The van der Waals surface area contributed by atoms with E-state index in [1.54, 1.807) is 7.11 Å². The van der Waals surface area contributed by atoms with Gasteiger partial charge in [-0.3, -0.25) is 4.79 Å². The summed E-state index contributed by atoms with van der Waals surface area (Å²) < 4.78 is 10.8. The fraction of sp³-hybridized carbons (Fsp3) is 0.923. The first-order valence-electron chi connectivity index (χ1n) is 6.75. The summed E-state index contributed by atoms with van der Waals surface area (Å²) in [6, 6.07) is 0.246. The summed E-state index contributed by atoms with van der Waals surface area (Å²) in [5.74, 6) is 0.0427. The highest BCUT2D eigenvalue weighted by Gasteiger charge is 2.34. The molecule has 1 saturated heterocycles. The van der Waals surface area contributed by atoms with Gasteiger partial charge in [-0.2, -0.15) is 0 Å². The normalized spacial score (nSPS) is 25.1. The second kappa shape index (κ2) is 7.71. The van der Waals surface area contributed by atoms with Gasteiger partial charge in [0.2, 0.25) is 5.91 Å². The molecule has 1 fully saturated rings. The number of methoxy groups -OCH3 is 1. The number of carbonyl (C=O) groups excluding carboxylic acids is 1. The van der Waals surface area contributed by atoms with Crippen molar-refractivity contribution in [2.75, 3.05) is 33.4 Å². The smallest absolute Gasteiger partial charge is 0.234 e. The Kier molecular flexibility index (Phi) is 6.60. The molecule has 106 valence electrons. The molecule has 0 saturated carbocycles. The molecule has 18 heavy (non-hydrogen) atoms. The van der Waals surface area contributed by atoms with Crippen molar-refractivity contribution >= 4 is 5.91 Å². The van der Waals surface area contributed by atoms with Crippen molar-refractivity contribution in [3.05, 3.63) is 0 Å². The first kappa shape index (κ1) is 15.4. The zero-order valence-electron chi connectivity index (χ0n) is 11.8. The maximum absolute atomic E-state index is 11.6. The second-order valence-corrected chi connectivity index (χ2v) is 5.05. The van der Waals surface area contributed by atoms with Crippen LogP contribution in [0.5, 0.6) is 0 Å². The van der Waals surface area contributed by atoms with E-state index in [2.05, 4.69) is 17.6 Å². The number of hydrogen-bond acceptors (Lipinski definition) is 4. The van der Waals surface area contributed by atoms with Crippen LogP contribution in [0, 0.1) is 0 Å². The van der Waals surface area contributed by atoms with Crippen molar-refractivity contribution in [3.8, 4) is 0 Å². The van der Waals surface area contributed by atoms with E-state index in [1.165, 1.54) is 0 Å². The van der Waals surface area contributed by atoms with E-state index in [1.807, 2.05) is 6.92 Å². The summed E-state index contributed by atoms with van der Waals surface area (Å²) in [6.07, 6.45) is 2.98. The largest absolute Gasteiger partial charge is 0.378 e. The van der Waals surface area contributed by atoms with Crippen LogP contribution in [0.25, 0.3) is 0 Å². The van der Waals surface area contributed by atoms with E-state index in [0.717, 1.165) is 25.9 Å². The fourth-order valence-electron chi connectivity index (χ4n) is 2.20. The molecule has 0 aromatic heterocycles. The number of rotatable bonds is 8. The Morgan fingerprint density at radius 1 is 1.56 bits per heavy atom. The molecule has 0 bridgehead atoms. The molecule has 1 rings (SSSR count). The predicted molar refractivity (Wildman–Crippen MR) is 70.6 cm³/mol. The van der Waals surface area contributed by atoms with Gasteiger partial charge < -0.3 is 20.1 Å². The van der Waals surface area contributed by atoms with Crippen LogP contribution in [-0.4, -0.2) is 51.0 Å². The van der Waals surface area contributed by atoms with Gasteiger partial charge in [0.1, 0.15) is 5.60 Å². The Bertz CT molecular complexity index is 253. The van der Waals surface area contributed by atoms with Crippen LogP contribution in [0.2, 0.25) is 0 Å². The van der Waals surface area contributed by atoms with Crippen molar-refractivity contribution < 1.29 is 14.3 Å². The zero-order valence-corrected chi connectivity index (χ0v) is 11.8. The van der Waals surface area contributed by atoms with Gasteiger partial charge in [0.05, 0.1) is 13.2 Å². The van der Waals surface area contributed by atoms with Crippen LogP contribution < -0.4 is 10.6 Å². The molecule has 0 aromatic rings. The molecule has 2 N–H and O–H groups in total. The number of nitrogens with one attached hydrogen (secondary N) is 2. The third-order valence-electron chi connectivity index (χ3n) is 3.36. The van der Waals surface area contributed by atoms with Gasteiger partial charge >= 0.3 is 0 Å². The first-order chi connectivity index (χ1) is 8.62. The molecule has 1 aliphatic heterocycles. The van der Waals surface area contributed by atoms with Gasteiger partial charge in [0, 0.05) is 32.7 Å². The molecule has 0 aliphatic carbocycles. The summed E-state index contributed by atoms with van der Waals surface area (Å²) in [7, 11) is 1.69. The van der Waals surface area contributed by atoms with Crippen LogP contribution in [0.15, 0.2) is 0 Å². The lowest BCUT2D eigenvalue weighted by Gasteiger charge is -2.26. The molecular formula is C13H26N2O3. The summed E-state index contributed by atoms with van der Waals surface area (Å²) >= 11 is 0. The fourth-order valence-corrected chi connectivity index (χ4v) is 2.20. The topological polar surface area (TPSA) is 59.6 Å². The van der Waals surface area contributed by atoms with Gasteiger partial charge in [0.15, 0.2) is 0 Å². The maximum atomic E-state index is 11.6. The average molecular weight is 258 g/mol. The van der Waals surface area contributed by atoms with Gasteiger partial charge in [0.25, 0.3) is 0 Å².